The van der Waals surface area contributed by atoms with Crippen molar-refractivity contribution in [3.63, 3.8) is 0 Å². The lowest BCUT2D eigenvalue weighted by Crippen LogP contribution is -2.57. The van der Waals surface area contributed by atoms with Gasteiger partial charge in [-0.25, -0.2) is 0 Å². The number of benzene rings is 2. The van der Waals surface area contributed by atoms with E-state index in [-0.39, 0.29) is 36.1 Å². The van der Waals surface area contributed by atoms with E-state index in [0.29, 0.717) is 11.1 Å². The number of aromatic hydroxyl groups is 1. The molecule has 1 aromatic heterocycles. The maximum absolute atomic E-state index is 13.7. The molecule has 0 aliphatic heterocycles. The number of carbonyl (C=O) groups is 3. The topological polar surface area (TPSA) is 171 Å². The number of rotatable bonds is 2. The maximum Gasteiger partial charge on any atom is 0.255 e. The average Bonchev–Trinajstić information content (AvgIpc) is 2.86. The Kier molecular flexibility index (Phi) is 4.80. The van der Waals surface area contributed by atoms with Gasteiger partial charge >= 0.3 is 0 Å². The van der Waals surface area contributed by atoms with Gasteiger partial charge in [0.1, 0.15) is 22.8 Å². The van der Waals surface area contributed by atoms with Gasteiger partial charge in [0, 0.05) is 35.1 Å². The lowest BCUT2D eigenvalue weighted by molar-refractivity contribution is -0.144. The Labute approximate surface area is 210 Å². The summed E-state index contributed by atoms with van der Waals surface area (Å²) in [6.07, 6.45) is 1.73. The van der Waals surface area contributed by atoms with E-state index in [1.807, 2.05) is 30.3 Å². The highest BCUT2D eigenvalue weighted by molar-refractivity contribution is 6.24. The summed E-state index contributed by atoms with van der Waals surface area (Å²) < 4.78 is 0. The Morgan fingerprint density at radius 3 is 2.57 bits per heavy atom. The summed E-state index contributed by atoms with van der Waals surface area (Å²) in [5.74, 6) is -6.47. The van der Waals surface area contributed by atoms with E-state index >= 15 is 0 Å². The van der Waals surface area contributed by atoms with E-state index in [1.165, 1.54) is 6.07 Å². The number of aliphatic hydroxyl groups is 3. The third-order valence-corrected chi connectivity index (χ3v) is 7.85. The number of Topliss-reactive ketones (excluding diaryl/α,β-unsaturated/α-hetero) is 2. The Balaban J connectivity index is 1.51. The first kappa shape index (κ1) is 22.9. The highest BCUT2D eigenvalue weighted by atomic mass is 16.3. The number of phenols is 1. The molecular formula is C28H22N2O7. The first-order valence-electron chi connectivity index (χ1n) is 11.8. The number of carbonyl (C=O) groups excluding carboxylic acids is 3. The minimum absolute atomic E-state index is 0.0257. The molecule has 6 N–H and O–H groups in total. The van der Waals surface area contributed by atoms with Gasteiger partial charge in [-0.3, -0.25) is 19.4 Å². The van der Waals surface area contributed by atoms with Crippen molar-refractivity contribution in [1.29, 1.82) is 0 Å². The number of ketones is 2. The Morgan fingerprint density at radius 1 is 1.05 bits per heavy atom. The van der Waals surface area contributed by atoms with Gasteiger partial charge in [0.2, 0.25) is 5.78 Å². The lowest BCUT2D eigenvalue weighted by atomic mass is 9.60. The largest absolute Gasteiger partial charge is 0.511 e. The first-order chi connectivity index (χ1) is 17.6. The predicted octanol–water partition coefficient (Wildman–Crippen LogP) is 2.80. The molecule has 0 saturated heterocycles. The van der Waals surface area contributed by atoms with Gasteiger partial charge in [-0.2, -0.15) is 0 Å². The molecule has 1 amide bonds. The Bertz CT molecular complexity index is 1640. The number of aliphatic hydroxyl groups excluding tert-OH is 2. The molecule has 3 aliphatic rings. The first-order valence-corrected chi connectivity index (χ1v) is 11.8. The molecule has 9 nitrogen and oxygen atoms in total. The molecule has 6 rings (SSSR count). The number of allylic oxidation sites excluding steroid dienone is 2. The number of nitrogens with two attached hydrogens (primary N) is 1. The van der Waals surface area contributed by atoms with Crippen molar-refractivity contribution in [2.45, 2.75) is 24.9 Å². The summed E-state index contributed by atoms with van der Waals surface area (Å²) in [5, 5.41) is 44.4. The second-order valence-electron chi connectivity index (χ2n) is 9.81. The van der Waals surface area contributed by atoms with Gasteiger partial charge in [0.15, 0.2) is 11.4 Å². The van der Waals surface area contributed by atoms with E-state index in [0.717, 1.165) is 16.5 Å². The molecule has 2 aromatic carbocycles. The van der Waals surface area contributed by atoms with Crippen molar-refractivity contribution in [2.75, 3.05) is 0 Å². The zero-order valence-corrected chi connectivity index (χ0v) is 19.4. The van der Waals surface area contributed by atoms with Crippen LogP contribution in [-0.2, 0) is 16.0 Å². The monoisotopic (exact) mass is 498 g/mol. The van der Waals surface area contributed by atoms with Crippen LogP contribution < -0.4 is 5.73 Å². The van der Waals surface area contributed by atoms with E-state index in [1.54, 1.807) is 12.3 Å². The number of hydrogen-bond donors (Lipinski definition) is 5. The molecule has 0 spiro atoms. The summed E-state index contributed by atoms with van der Waals surface area (Å²) in [6.45, 7) is 0. The molecule has 3 aromatic rings. The van der Waals surface area contributed by atoms with Crippen molar-refractivity contribution in [3.05, 3.63) is 82.5 Å². The Hall–Kier alpha value is -4.50. The fraction of sp³-hybridized carbons (Fsp3) is 0.214. The predicted molar refractivity (Wildman–Crippen MR) is 132 cm³/mol. The van der Waals surface area contributed by atoms with Crippen molar-refractivity contribution in [1.82, 2.24) is 4.98 Å². The quantitative estimate of drug-likeness (QED) is 0.336. The number of aromatic nitrogens is 1. The molecule has 0 unspecified atom stereocenters. The van der Waals surface area contributed by atoms with Gasteiger partial charge in [0.25, 0.3) is 5.91 Å². The molecule has 9 heteroatoms. The Morgan fingerprint density at radius 2 is 1.81 bits per heavy atom. The van der Waals surface area contributed by atoms with Crippen molar-refractivity contribution in [3.8, 4) is 16.9 Å². The summed E-state index contributed by atoms with van der Waals surface area (Å²) in [4.78, 5) is 43.0. The zero-order valence-electron chi connectivity index (χ0n) is 19.4. The molecule has 3 atom stereocenters. The number of amides is 1. The highest BCUT2D eigenvalue weighted by Gasteiger charge is 2.59. The van der Waals surface area contributed by atoms with Gasteiger partial charge in [-0.15, -0.1) is 0 Å². The fourth-order valence-corrected chi connectivity index (χ4v) is 6.11. The maximum atomic E-state index is 13.7. The van der Waals surface area contributed by atoms with E-state index < -0.39 is 52.0 Å². The summed E-state index contributed by atoms with van der Waals surface area (Å²) in [6, 6.07) is 12.6. The van der Waals surface area contributed by atoms with Crippen LogP contribution in [0.3, 0.4) is 0 Å². The van der Waals surface area contributed by atoms with E-state index in [2.05, 4.69) is 4.98 Å². The van der Waals surface area contributed by atoms with E-state index in [4.69, 9.17) is 5.73 Å². The number of phenolic OH excluding ortho intramolecular Hbond substituents is 1. The second kappa shape index (κ2) is 7.75. The smallest absolute Gasteiger partial charge is 0.255 e. The van der Waals surface area contributed by atoms with E-state index in [9.17, 15) is 34.8 Å². The number of pyridine rings is 1. The van der Waals surface area contributed by atoms with Gasteiger partial charge in [-0.05, 0) is 48.1 Å². The molecule has 0 fully saturated rings. The van der Waals surface area contributed by atoms with Crippen LogP contribution in [0.1, 0.15) is 28.8 Å². The third kappa shape index (κ3) is 3.07. The van der Waals surface area contributed by atoms with Crippen molar-refractivity contribution < 1.29 is 34.8 Å². The molecule has 37 heavy (non-hydrogen) atoms. The van der Waals surface area contributed by atoms with Crippen molar-refractivity contribution in [2.24, 2.45) is 17.6 Å². The minimum Gasteiger partial charge on any atom is -0.511 e. The molecular weight excluding hydrogens is 476 g/mol. The number of para-hydroxylation sites is 1. The van der Waals surface area contributed by atoms with Crippen LogP contribution in [0, 0.1) is 11.8 Å². The third-order valence-electron chi connectivity index (χ3n) is 7.85. The van der Waals surface area contributed by atoms with Crippen LogP contribution in [0.5, 0.6) is 5.75 Å². The molecule has 0 radical (unpaired) electrons. The van der Waals surface area contributed by atoms with Gasteiger partial charge in [0.05, 0.1) is 11.1 Å². The minimum atomic E-state index is -2.58. The van der Waals surface area contributed by atoms with Crippen LogP contribution in [0.2, 0.25) is 0 Å². The van der Waals surface area contributed by atoms with Crippen LogP contribution in [0.25, 0.3) is 22.0 Å². The van der Waals surface area contributed by atoms with Gasteiger partial charge < -0.3 is 26.2 Å². The summed E-state index contributed by atoms with van der Waals surface area (Å²) in [7, 11) is 0. The molecule has 3 aliphatic carbocycles. The highest BCUT2D eigenvalue weighted by Crippen LogP contribution is 2.52. The molecule has 0 saturated carbocycles. The second-order valence-corrected chi connectivity index (χ2v) is 9.81. The van der Waals surface area contributed by atoms with Crippen LogP contribution in [0.15, 0.2) is 71.3 Å². The molecule has 0 bridgehead atoms. The fourth-order valence-electron chi connectivity index (χ4n) is 6.11. The number of fused-ring (bicyclic) bond motifs is 4. The number of nitrogens with zero attached hydrogens (tertiary/aromatic N) is 1. The standard InChI is InChI=1S/C28H22N2O7/c29-27(36)23-20(32)10-15-8-13-9-17-16(14-7-12-3-1-2-4-18(12)30-11-14)5-6-19(31)22(17)24(33)21(13)25(34)28(15,37)26(23)35/h1-7,11,13,15,31-32,34,37H,8-10H2,(H2,29,36)/t13-,15+,28+/m1/s1. The van der Waals surface area contributed by atoms with Gasteiger partial charge in [-0.1, -0.05) is 24.3 Å². The summed E-state index contributed by atoms with van der Waals surface area (Å²) >= 11 is 0. The summed E-state index contributed by atoms with van der Waals surface area (Å²) in [5.41, 5.74) is 4.46. The number of hydrogen-bond acceptors (Lipinski definition) is 8. The number of primary amides is 1. The SMILES string of the molecule is NC(=O)C1=C(O)C[C@@H]2C[C@@H]3Cc4c(-c5cnc6ccccc6c5)ccc(O)c4C(=O)C3=C(O)[C@]2(O)C1=O. The molecule has 186 valence electrons. The van der Waals surface area contributed by atoms with Crippen LogP contribution in [0.4, 0.5) is 0 Å². The normalized spacial score (nSPS) is 25.1. The average molecular weight is 498 g/mol. The zero-order chi connectivity index (χ0) is 26.2. The molecule has 1 heterocycles. The van der Waals surface area contributed by atoms with Crippen LogP contribution >= 0.6 is 0 Å². The lowest BCUT2D eigenvalue weighted by Gasteiger charge is -2.45. The van der Waals surface area contributed by atoms with Crippen molar-refractivity contribution >= 4 is 28.4 Å². The van der Waals surface area contributed by atoms with Crippen LogP contribution in [-0.4, -0.2) is 48.5 Å².